The maximum absolute atomic E-state index is 12.8. The third kappa shape index (κ3) is 10.8. The van der Waals surface area contributed by atoms with E-state index in [0.717, 1.165) is 66.2 Å². The van der Waals surface area contributed by atoms with Crippen molar-refractivity contribution in [3.05, 3.63) is 83.4 Å². The number of fused-ring (bicyclic) bond motifs is 1. The number of nitrogens with one attached hydrogen (secondary N) is 1. The lowest BCUT2D eigenvalue weighted by Crippen LogP contribution is -2.51. The molecule has 3 aromatic carbocycles. The molecule has 0 spiro atoms. The zero-order chi connectivity index (χ0) is 34.5. The molecule has 9 heteroatoms. The molecule has 1 heterocycles. The summed E-state index contributed by atoms with van der Waals surface area (Å²) in [6.07, 6.45) is 6.30. The van der Waals surface area contributed by atoms with Crippen molar-refractivity contribution in [2.75, 3.05) is 26.3 Å². The van der Waals surface area contributed by atoms with Gasteiger partial charge < -0.3 is 19.5 Å². The van der Waals surface area contributed by atoms with Crippen molar-refractivity contribution in [2.24, 2.45) is 0 Å². The third-order valence-corrected chi connectivity index (χ3v) is 8.73. The van der Waals surface area contributed by atoms with Crippen molar-refractivity contribution in [1.29, 1.82) is 0 Å². The Morgan fingerprint density at radius 3 is 2.40 bits per heavy atom. The Bertz CT molecular complexity index is 1470. The average molecular weight is 660 g/mol. The van der Waals surface area contributed by atoms with E-state index in [1.54, 1.807) is 12.1 Å². The summed E-state index contributed by atoms with van der Waals surface area (Å²) in [5.74, 6) is 0.385. The molecule has 2 amide bonds. The van der Waals surface area contributed by atoms with Crippen molar-refractivity contribution in [3.63, 3.8) is 0 Å². The minimum Gasteiger partial charge on any atom is -0.489 e. The van der Waals surface area contributed by atoms with Gasteiger partial charge >= 0.3 is 6.09 Å². The van der Waals surface area contributed by atoms with Crippen LogP contribution in [0.5, 0.6) is 5.75 Å². The van der Waals surface area contributed by atoms with Gasteiger partial charge in [-0.1, -0.05) is 74.4 Å². The molecule has 1 aliphatic heterocycles. The van der Waals surface area contributed by atoms with Gasteiger partial charge in [0.1, 0.15) is 12.4 Å². The molecular formula is C39H53N3O6. The molecule has 0 saturated carbocycles. The van der Waals surface area contributed by atoms with Gasteiger partial charge in [-0.25, -0.2) is 15.1 Å². The Kier molecular flexibility index (Phi) is 14.3. The van der Waals surface area contributed by atoms with Crippen molar-refractivity contribution < 1.29 is 29.0 Å². The molecule has 0 bridgehead atoms. The van der Waals surface area contributed by atoms with Crippen LogP contribution in [0, 0.1) is 0 Å². The van der Waals surface area contributed by atoms with Gasteiger partial charge in [0.05, 0.1) is 0 Å². The van der Waals surface area contributed by atoms with Crippen LogP contribution in [0.1, 0.15) is 89.1 Å². The van der Waals surface area contributed by atoms with Crippen LogP contribution >= 0.6 is 0 Å². The normalized spacial score (nSPS) is 16.0. The number of hydroxylamine groups is 1. The summed E-state index contributed by atoms with van der Waals surface area (Å²) in [7, 11) is 0. The van der Waals surface area contributed by atoms with E-state index < -0.39 is 12.4 Å². The fourth-order valence-electron chi connectivity index (χ4n) is 6.50. The van der Waals surface area contributed by atoms with Gasteiger partial charge in [0.15, 0.2) is 6.29 Å². The summed E-state index contributed by atoms with van der Waals surface area (Å²) in [6, 6.07) is 21.8. The second-order valence-corrected chi connectivity index (χ2v) is 13.1. The quantitative estimate of drug-likeness (QED) is 0.141. The Balaban J connectivity index is 1.57. The molecule has 1 aliphatic rings. The first-order valence-corrected chi connectivity index (χ1v) is 17.4. The monoisotopic (exact) mass is 659 g/mol. The molecule has 4 rings (SSSR count). The molecule has 9 nitrogen and oxygen atoms in total. The molecule has 1 saturated heterocycles. The molecule has 0 aromatic heterocycles. The summed E-state index contributed by atoms with van der Waals surface area (Å²) >= 11 is 0. The Labute approximate surface area is 285 Å². The Morgan fingerprint density at radius 2 is 1.73 bits per heavy atom. The van der Waals surface area contributed by atoms with E-state index in [4.69, 9.17) is 14.3 Å². The van der Waals surface area contributed by atoms with Gasteiger partial charge in [-0.05, 0) is 81.7 Å². The molecule has 48 heavy (non-hydrogen) atoms. The van der Waals surface area contributed by atoms with Gasteiger partial charge in [0, 0.05) is 55.2 Å². The zero-order valence-corrected chi connectivity index (χ0v) is 29.2. The zero-order valence-electron chi connectivity index (χ0n) is 29.2. The molecule has 2 N–H and O–H groups in total. The maximum atomic E-state index is 12.8. The van der Waals surface area contributed by atoms with Crippen LogP contribution in [0.25, 0.3) is 16.8 Å². The van der Waals surface area contributed by atoms with E-state index in [1.165, 1.54) is 4.90 Å². The second kappa shape index (κ2) is 18.6. The third-order valence-electron chi connectivity index (χ3n) is 8.73. The minimum atomic E-state index is -0.964. The van der Waals surface area contributed by atoms with Crippen LogP contribution in [0.15, 0.2) is 72.3 Å². The second-order valence-electron chi connectivity index (χ2n) is 13.1. The molecule has 1 fully saturated rings. The molecule has 0 aliphatic carbocycles. The number of carbonyl (C=O) groups excluding carboxylic acids is 1. The number of carbonyl (C=O) groups is 2. The van der Waals surface area contributed by atoms with Gasteiger partial charge in [-0.3, -0.25) is 9.69 Å². The number of hydrogen-bond acceptors (Lipinski definition) is 6. The van der Waals surface area contributed by atoms with E-state index in [9.17, 15) is 14.7 Å². The smallest absolute Gasteiger partial charge is 0.407 e. The van der Waals surface area contributed by atoms with Crippen molar-refractivity contribution in [1.82, 2.24) is 15.3 Å². The topological polar surface area (TPSA) is 101 Å². The number of carboxylic acid groups (broad SMARTS) is 1. The van der Waals surface area contributed by atoms with Crippen molar-refractivity contribution in [3.8, 4) is 5.75 Å². The van der Waals surface area contributed by atoms with Gasteiger partial charge in [0.2, 0.25) is 0 Å². The van der Waals surface area contributed by atoms with Crippen LogP contribution in [0.3, 0.4) is 0 Å². The number of hydrogen-bond donors (Lipinski definition) is 2. The van der Waals surface area contributed by atoms with Gasteiger partial charge in [0.25, 0.3) is 5.91 Å². The summed E-state index contributed by atoms with van der Waals surface area (Å²) in [4.78, 5) is 34.9. The van der Waals surface area contributed by atoms with Crippen LogP contribution < -0.4 is 10.2 Å². The predicted molar refractivity (Wildman–Crippen MR) is 191 cm³/mol. The van der Waals surface area contributed by atoms with Crippen molar-refractivity contribution >= 4 is 28.8 Å². The van der Waals surface area contributed by atoms with E-state index in [0.29, 0.717) is 18.7 Å². The molecule has 2 atom stereocenters. The molecular weight excluding hydrogens is 606 g/mol. The number of rotatable bonds is 17. The fraction of sp³-hybridized carbons (Fsp3) is 0.487. The number of amides is 2. The molecule has 260 valence electrons. The van der Waals surface area contributed by atoms with Crippen LogP contribution in [-0.4, -0.2) is 77.6 Å². The minimum absolute atomic E-state index is 0.0836. The maximum Gasteiger partial charge on any atom is 0.407 e. The van der Waals surface area contributed by atoms with Crippen LogP contribution in [0.4, 0.5) is 4.79 Å². The van der Waals surface area contributed by atoms with E-state index in [1.807, 2.05) is 60.7 Å². The number of benzene rings is 3. The van der Waals surface area contributed by atoms with Gasteiger partial charge in [-0.2, -0.15) is 0 Å². The highest BCUT2D eigenvalue weighted by Gasteiger charge is 2.28. The first-order valence-electron chi connectivity index (χ1n) is 17.4. The average Bonchev–Trinajstić information content (AvgIpc) is 3.08. The van der Waals surface area contributed by atoms with E-state index >= 15 is 0 Å². The lowest BCUT2D eigenvalue weighted by Gasteiger charge is -2.40. The number of nitrogens with zero attached hydrogens (tertiary/aromatic N) is 2. The summed E-state index contributed by atoms with van der Waals surface area (Å²) in [5.41, 5.74) is 4.58. The Hall–Kier alpha value is -3.92. The van der Waals surface area contributed by atoms with Crippen LogP contribution in [0.2, 0.25) is 0 Å². The molecule has 0 radical (unpaired) electrons. The van der Waals surface area contributed by atoms with E-state index in [2.05, 4.69) is 45.0 Å². The molecule has 2 unspecified atom stereocenters. The first-order chi connectivity index (χ1) is 23.2. The number of ether oxygens (including phenoxy) is 2. The van der Waals surface area contributed by atoms with Crippen LogP contribution in [-0.2, 0) is 9.57 Å². The summed E-state index contributed by atoms with van der Waals surface area (Å²) in [6.45, 7) is 12.3. The predicted octanol–water partition coefficient (Wildman–Crippen LogP) is 8.15. The summed E-state index contributed by atoms with van der Waals surface area (Å²) in [5, 5.41) is 12.5. The SMILES string of the molecule is CCCCC(CN(CC(=Cc1ccc(C(=O)NOC2CCCCO2)cc1)COc1cccc2ccccc12)C(=O)O)N(C(C)C)C(C)C. The lowest BCUT2D eigenvalue weighted by atomic mass is 10.0. The standard InChI is InChI=1S/C39H53N3O6/c1-6-7-15-34(42(28(2)3)29(4)5)26-41(39(44)45)25-31(27-47-36-17-12-14-32-13-8-9-16-35(32)36)24-30-19-21-33(22-20-30)38(43)40-48-37-18-10-11-23-46-37/h8-9,12-14,16-17,19-22,24,28-29,34,37H,6-7,10-11,15,18,23,25-27H2,1-5H3,(H,40,43)(H,44,45). The van der Waals surface area contributed by atoms with Crippen molar-refractivity contribution in [2.45, 2.75) is 97.6 Å². The largest absolute Gasteiger partial charge is 0.489 e. The highest BCUT2D eigenvalue weighted by Crippen LogP contribution is 2.26. The number of unbranched alkanes of at least 4 members (excludes halogenated alkanes) is 1. The van der Waals surface area contributed by atoms with Gasteiger partial charge in [-0.15, -0.1) is 0 Å². The fourth-order valence-corrected chi connectivity index (χ4v) is 6.50. The first kappa shape index (κ1) is 36.9. The highest BCUT2D eigenvalue weighted by molar-refractivity contribution is 5.93. The summed E-state index contributed by atoms with van der Waals surface area (Å²) < 4.78 is 11.9. The Morgan fingerprint density at radius 1 is 1.00 bits per heavy atom. The highest BCUT2D eigenvalue weighted by atomic mass is 16.8. The molecule has 3 aromatic rings. The lowest BCUT2D eigenvalue weighted by molar-refractivity contribution is -0.186. The van der Waals surface area contributed by atoms with E-state index in [-0.39, 0.29) is 37.2 Å².